The zero-order valence-electron chi connectivity index (χ0n) is 11.8. The van der Waals surface area contributed by atoms with Crippen LogP contribution >= 0.6 is 0 Å². The molecule has 3 heteroatoms. The Morgan fingerprint density at radius 3 is 2.84 bits per heavy atom. The quantitative estimate of drug-likeness (QED) is 0.803. The molecule has 0 saturated carbocycles. The van der Waals surface area contributed by atoms with E-state index in [0.717, 1.165) is 31.7 Å². The molecule has 2 fully saturated rings. The summed E-state index contributed by atoms with van der Waals surface area (Å²) in [5.41, 5.74) is 1.44. The number of fused-ring (bicyclic) bond motifs is 1. The summed E-state index contributed by atoms with van der Waals surface area (Å²) >= 11 is 0. The number of benzene rings is 1. The monoisotopic (exact) mass is 260 g/mol. The molecule has 0 unspecified atom stereocenters. The van der Waals surface area contributed by atoms with Crippen molar-refractivity contribution in [2.45, 2.75) is 19.0 Å². The van der Waals surface area contributed by atoms with Gasteiger partial charge in [0.2, 0.25) is 0 Å². The average molecular weight is 260 g/mol. The van der Waals surface area contributed by atoms with Crippen molar-refractivity contribution in [1.82, 2.24) is 9.80 Å². The Labute approximate surface area is 116 Å². The summed E-state index contributed by atoms with van der Waals surface area (Å²) in [4.78, 5) is 5.24. The zero-order chi connectivity index (χ0) is 13.1. The molecule has 0 aliphatic carbocycles. The van der Waals surface area contributed by atoms with Crippen LogP contribution in [0.2, 0.25) is 0 Å². The molecule has 3 rings (SSSR count). The van der Waals surface area contributed by atoms with Crippen molar-refractivity contribution >= 4 is 0 Å². The molecule has 104 valence electrons. The van der Waals surface area contributed by atoms with Crippen molar-refractivity contribution in [3.05, 3.63) is 35.9 Å². The van der Waals surface area contributed by atoms with Gasteiger partial charge in [0.25, 0.3) is 0 Å². The smallest absolute Gasteiger partial charge is 0.0589 e. The van der Waals surface area contributed by atoms with Gasteiger partial charge < -0.3 is 4.74 Å². The van der Waals surface area contributed by atoms with Gasteiger partial charge in [0.1, 0.15) is 0 Å². The maximum Gasteiger partial charge on any atom is 0.0589 e. The molecule has 1 aromatic rings. The van der Waals surface area contributed by atoms with Gasteiger partial charge >= 0.3 is 0 Å². The number of ether oxygens (including phenoxy) is 1. The molecule has 2 saturated heterocycles. The van der Waals surface area contributed by atoms with Gasteiger partial charge in [-0.2, -0.15) is 0 Å². The summed E-state index contributed by atoms with van der Waals surface area (Å²) in [6.45, 7) is 6.81. The van der Waals surface area contributed by atoms with E-state index in [9.17, 15) is 0 Å². The number of likely N-dealkylation sites (tertiary alicyclic amines) is 2. The van der Waals surface area contributed by atoms with Crippen LogP contribution in [0.25, 0.3) is 0 Å². The van der Waals surface area contributed by atoms with Gasteiger partial charge in [-0.05, 0) is 24.4 Å². The van der Waals surface area contributed by atoms with Crippen molar-refractivity contribution in [2.24, 2.45) is 5.92 Å². The number of rotatable bonds is 5. The lowest BCUT2D eigenvalue weighted by atomic mass is 10.0. The fourth-order valence-corrected chi connectivity index (χ4v) is 3.55. The molecule has 19 heavy (non-hydrogen) atoms. The molecule has 0 bridgehead atoms. The standard InChI is InChI=1S/C16H24N2O/c1-19-10-9-17-12-15-7-8-18(16(15)13-17)11-14-5-3-2-4-6-14/h2-6,15-16H,7-13H2,1H3/t15-,16+/m1/s1. The first kappa shape index (κ1) is 13.1. The van der Waals surface area contributed by atoms with Gasteiger partial charge in [-0.3, -0.25) is 9.80 Å². The molecule has 0 amide bonds. The maximum absolute atomic E-state index is 5.19. The Morgan fingerprint density at radius 1 is 1.21 bits per heavy atom. The van der Waals surface area contributed by atoms with E-state index >= 15 is 0 Å². The van der Waals surface area contributed by atoms with Crippen LogP contribution in [0.1, 0.15) is 12.0 Å². The van der Waals surface area contributed by atoms with E-state index < -0.39 is 0 Å². The van der Waals surface area contributed by atoms with Crippen LogP contribution in [0.15, 0.2) is 30.3 Å². The molecule has 0 aromatic heterocycles. The number of nitrogens with zero attached hydrogens (tertiary/aromatic N) is 2. The Kier molecular flexibility index (Phi) is 4.16. The normalized spacial score (nSPS) is 27.8. The topological polar surface area (TPSA) is 15.7 Å². The van der Waals surface area contributed by atoms with Crippen LogP contribution in [-0.2, 0) is 11.3 Å². The molecule has 2 aliphatic rings. The van der Waals surface area contributed by atoms with Gasteiger partial charge in [-0.1, -0.05) is 30.3 Å². The third kappa shape index (κ3) is 2.99. The van der Waals surface area contributed by atoms with Crippen molar-refractivity contribution in [3.8, 4) is 0 Å². The van der Waals surface area contributed by atoms with Crippen LogP contribution in [0.5, 0.6) is 0 Å². The molecule has 2 atom stereocenters. The highest BCUT2D eigenvalue weighted by atomic mass is 16.5. The van der Waals surface area contributed by atoms with Crippen molar-refractivity contribution < 1.29 is 4.74 Å². The molecule has 0 radical (unpaired) electrons. The Morgan fingerprint density at radius 2 is 2.05 bits per heavy atom. The zero-order valence-corrected chi connectivity index (χ0v) is 11.8. The van der Waals surface area contributed by atoms with Gasteiger partial charge in [-0.25, -0.2) is 0 Å². The van der Waals surface area contributed by atoms with E-state index in [1.165, 1.54) is 31.6 Å². The third-order valence-electron chi connectivity index (χ3n) is 4.58. The van der Waals surface area contributed by atoms with Crippen LogP contribution in [0, 0.1) is 5.92 Å². The first-order valence-corrected chi connectivity index (χ1v) is 7.36. The summed E-state index contributed by atoms with van der Waals surface area (Å²) in [5.74, 6) is 0.876. The summed E-state index contributed by atoms with van der Waals surface area (Å²) in [7, 11) is 1.79. The predicted octanol–water partition coefficient (Wildman–Crippen LogP) is 1.84. The highest BCUT2D eigenvalue weighted by molar-refractivity contribution is 5.15. The van der Waals surface area contributed by atoms with Crippen LogP contribution < -0.4 is 0 Å². The molecular weight excluding hydrogens is 236 g/mol. The highest BCUT2D eigenvalue weighted by Crippen LogP contribution is 2.32. The van der Waals surface area contributed by atoms with Crippen LogP contribution in [0.3, 0.4) is 0 Å². The van der Waals surface area contributed by atoms with Gasteiger partial charge in [0.05, 0.1) is 6.61 Å². The molecule has 2 aliphatic heterocycles. The fourth-order valence-electron chi connectivity index (χ4n) is 3.55. The molecule has 0 spiro atoms. The lowest BCUT2D eigenvalue weighted by Crippen LogP contribution is -2.35. The first-order valence-electron chi connectivity index (χ1n) is 7.36. The maximum atomic E-state index is 5.19. The van der Waals surface area contributed by atoms with Crippen molar-refractivity contribution in [3.63, 3.8) is 0 Å². The minimum Gasteiger partial charge on any atom is -0.383 e. The van der Waals surface area contributed by atoms with Crippen molar-refractivity contribution in [2.75, 3.05) is 39.9 Å². The van der Waals surface area contributed by atoms with Crippen LogP contribution in [0.4, 0.5) is 0 Å². The molecule has 1 aromatic carbocycles. The largest absolute Gasteiger partial charge is 0.383 e. The molecular formula is C16H24N2O. The van der Waals surface area contributed by atoms with Gasteiger partial charge in [-0.15, -0.1) is 0 Å². The summed E-state index contributed by atoms with van der Waals surface area (Å²) in [6.07, 6.45) is 1.36. The SMILES string of the molecule is COCCN1C[C@H]2CCN(Cc3ccccc3)[C@H]2C1. The highest BCUT2D eigenvalue weighted by Gasteiger charge is 2.40. The lowest BCUT2D eigenvalue weighted by molar-refractivity contribution is 0.149. The molecule has 2 heterocycles. The van der Waals surface area contributed by atoms with E-state index in [-0.39, 0.29) is 0 Å². The molecule has 0 N–H and O–H groups in total. The van der Waals surface area contributed by atoms with E-state index in [2.05, 4.69) is 40.1 Å². The average Bonchev–Trinajstić information content (AvgIpc) is 2.99. The Bertz CT molecular complexity index is 395. The Balaban J connectivity index is 1.57. The number of methoxy groups -OCH3 is 1. The molecule has 3 nitrogen and oxygen atoms in total. The number of hydrogen-bond donors (Lipinski definition) is 0. The lowest BCUT2D eigenvalue weighted by Gasteiger charge is -2.24. The fraction of sp³-hybridized carbons (Fsp3) is 0.625. The second-order valence-electron chi connectivity index (χ2n) is 5.82. The first-order chi connectivity index (χ1) is 9.36. The third-order valence-corrected chi connectivity index (χ3v) is 4.58. The van der Waals surface area contributed by atoms with E-state index in [0.29, 0.717) is 0 Å². The second kappa shape index (κ2) is 6.04. The van der Waals surface area contributed by atoms with Gasteiger partial charge in [0.15, 0.2) is 0 Å². The minimum absolute atomic E-state index is 0.761. The Hall–Kier alpha value is -0.900. The van der Waals surface area contributed by atoms with Gasteiger partial charge in [0, 0.05) is 39.3 Å². The summed E-state index contributed by atoms with van der Waals surface area (Å²) < 4.78 is 5.19. The van der Waals surface area contributed by atoms with Crippen LogP contribution in [-0.4, -0.2) is 55.7 Å². The van der Waals surface area contributed by atoms with E-state index in [1.807, 2.05) is 0 Å². The minimum atomic E-state index is 0.761. The summed E-state index contributed by atoms with van der Waals surface area (Å²) in [5, 5.41) is 0. The van der Waals surface area contributed by atoms with E-state index in [1.54, 1.807) is 7.11 Å². The second-order valence-corrected chi connectivity index (χ2v) is 5.82. The predicted molar refractivity (Wildman–Crippen MR) is 77.1 cm³/mol. The summed E-state index contributed by atoms with van der Waals surface area (Å²) in [6, 6.07) is 11.6. The van der Waals surface area contributed by atoms with E-state index in [4.69, 9.17) is 4.74 Å². The number of hydrogen-bond acceptors (Lipinski definition) is 3. The van der Waals surface area contributed by atoms with Crippen molar-refractivity contribution in [1.29, 1.82) is 0 Å².